The van der Waals surface area contributed by atoms with E-state index in [4.69, 9.17) is 21.4 Å². The predicted octanol–water partition coefficient (Wildman–Crippen LogP) is 1.41. The first kappa shape index (κ1) is 18.0. The molecule has 1 aliphatic heterocycles. The molecule has 0 aliphatic carbocycles. The highest BCUT2D eigenvalue weighted by molar-refractivity contribution is 9.10. The molecule has 0 amide bonds. The molecule has 1 saturated heterocycles. The molecule has 0 spiro atoms. The molecule has 1 aliphatic rings. The van der Waals surface area contributed by atoms with Gasteiger partial charge >= 0.3 is 0 Å². The Hall–Kier alpha value is -0.380. The zero-order valence-electron chi connectivity index (χ0n) is 12.1. The highest BCUT2D eigenvalue weighted by Gasteiger charge is 2.31. The Morgan fingerprint density at radius 3 is 2.50 bits per heavy atom. The standard InChI is InChI=1S/C13H18BrClN2O4S/c1-21-13-11(14)8-10(15)9-12(13)22(19,20)17-4-2-16(3-5-17)6-7-18/h8-9,18H,2-7H2,1H3. The van der Waals surface area contributed by atoms with Gasteiger partial charge in [0.25, 0.3) is 0 Å². The monoisotopic (exact) mass is 412 g/mol. The Bertz CT molecular complexity index is 633. The highest BCUT2D eigenvalue weighted by atomic mass is 79.9. The molecule has 124 valence electrons. The van der Waals surface area contributed by atoms with Crippen LogP contribution in [0.4, 0.5) is 0 Å². The molecule has 1 fully saturated rings. The molecule has 22 heavy (non-hydrogen) atoms. The first-order chi connectivity index (χ1) is 10.4. The maximum absolute atomic E-state index is 12.8. The number of aliphatic hydroxyl groups is 1. The molecule has 0 aromatic heterocycles. The number of aliphatic hydroxyl groups excluding tert-OH is 1. The number of hydrogen-bond donors (Lipinski definition) is 1. The van der Waals surface area contributed by atoms with E-state index in [0.717, 1.165) is 0 Å². The zero-order chi connectivity index (χ0) is 16.3. The van der Waals surface area contributed by atoms with E-state index in [9.17, 15) is 8.42 Å². The van der Waals surface area contributed by atoms with Crippen molar-refractivity contribution in [1.29, 1.82) is 0 Å². The molecule has 0 atom stereocenters. The summed E-state index contributed by atoms with van der Waals surface area (Å²) in [5, 5.41) is 9.27. The van der Waals surface area contributed by atoms with Gasteiger partial charge in [-0.3, -0.25) is 4.90 Å². The van der Waals surface area contributed by atoms with Gasteiger partial charge in [-0.2, -0.15) is 4.31 Å². The van der Waals surface area contributed by atoms with Crippen LogP contribution in [0.5, 0.6) is 5.75 Å². The van der Waals surface area contributed by atoms with Crippen LogP contribution < -0.4 is 4.74 Å². The molecule has 1 heterocycles. The zero-order valence-corrected chi connectivity index (χ0v) is 15.3. The van der Waals surface area contributed by atoms with Gasteiger partial charge in [0.05, 0.1) is 18.2 Å². The van der Waals surface area contributed by atoms with Gasteiger partial charge < -0.3 is 9.84 Å². The van der Waals surface area contributed by atoms with Crippen molar-refractivity contribution in [3.05, 3.63) is 21.6 Å². The second-order valence-corrected chi connectivity index (χ2v) is 8.09. The minimum Gasteiger partial charge on any atom is -0.494 e. The summed E-state index contributed by atoms with van der Waals surface area (Å²) in [6, 6.07) is 3.00. The Balaban J connectivity index is 2.28. The third-order valence-electron chi connectivity index (χ3n) is 3.54. The summed E-state index contributed by atoms with van der Waals surface area (Å²) >= 11 is 9.26. The second kappa shape index (κ2) is 7.46. The van der Waals surface area contributed by atoms with Crippen LogP contribution in [0.25, 0.3) is 0 Å². The number of piperazine rings is 1. The Kier molecular flexibility index (Phi) is 6.09. The van der Waals surface area contributed by atoms with Gasteiger partial charge in [-0.25, -0.2) is 8.42 Å². The van der Waals surface area contributed by atoms with Crippen molar-refractivity contribution < 1.29 is 18.3 Å². The van der Waals surface area contributed by atoms with Gasteiger partial charge in [-0.15, -0.1) is 0 Å². The van der Waals surface area contributed by atoms with Crippen LogP contribution in [-0.4, -0.2) is 69.2 Å². The average Bonchev–Trinajstić information content (AvgIpc) is 2.47. The van der Waals surface area contributed by atoms with E-state index in [1.807, 2.05) is 4.90 Å². The maximum atomic E-state index is 12.8. The van der Waals surface area contributed by atoms with Crippen LogP contribution in [0.15, 0.2) is 21.5 Å². The Morgan fingerprint density at radius 1 is 1.32 bits per heavy atom. The molecule has 0 saturated carbocycles. The maximum Gasteiger partial charge on any atom is 0.246 e. The summed E-state index contributed by atoms with van der Waals surface area (Å²) in [4.78, 5) is 2.09. The van der Waals surface area contributed by atoms with Crippen molar-refractivity contribution in [1.82, 2.24) is 9.21 Å². The largest absolute Gasteiger partial charge is 0.494 e. The Morgan fingerprint density at radius 2 is 1.95 bits per heavy atom. The molecular formula is C13H18BrClN2O4S. The molecule has 1 N–H and O–H groups in total. The van der Waals surface area contributed by atoms with Crippen molar-refractivity contribution in [2.24, 2.45) is 0 Å². The molecule has 1 aromatic rings. The van der Waals surface area contributed by atoms with Gasteiger partial charge in [-0.1, -0.05) is 11.6 Å². The molecule has 0 bridgehead atoms. The fourth-order valence-electron chi connectivity index (χ4n) is 2.40. The van der Waals surface area contributed by atoms with Crippen LogP contribution in [0, 0.1) is 0 Å². The normalized spacial score (nSPS) is 17.6. The van der Waals surface area contributed by atoms with Crippen molar-refractivity contribution >= 4 is 37.6 Å². The van der Waals surface area contributed by atoms with Gasteiger partial charge in [0, 0.05) is 37.7 Å². The van der Waals surface area contributed by atoms with Crippen LogP contribution in [0.2, 0.25) is 5.02 Å². The smallest absolute Gasteiger partial charge is 0.246 e. The predicted molar refractivity (Wildman–Crippen MR) is 88.0 cm³/mol. The number of benzene rings is 1. The van der Waals surface area contributed by atoms with Crippen molar-refractivity contribution in [3.8, 4) is 5.75 Å². The van der Waals surface area contributed by atoms with E-state index in [0.29, 0.717) is 42.2 Å². The average molecular weight is 414 g/mol. The summed E-state index contributed by atoms with van der Waals surface area (Å²) in [6.45, 7) is 2.54. The summed E-state index contributed by atoms with van der Waals surface area (Å²) in [5.41, 5.74) is 0. The summed E-state index contributed by atoms with van der Waals surface area (Å²) in [6.07, 6.45) is 0. The van der Waals surface area contributed by atoms with Crippen molar-refractivity contribution in [3.63, 3.8) is 0 Å². The highest BCUT2D eigenvalue weighted by Crippen LogP contribution is 2.36. The minimum atomic E-state index is -3.68. The minimum absolute atomic E-state index is 0.0602. The van der Waals surface area contributed by atoms with Crippen LogP contribution in [0.1, 0.15) is 0 Å². The van der Waals surface area contributed by atoms with Gasteiger partial charge in [0.2, 0.25) is 10.0 Å². The second-order valence-electron chi connectivity index (χ2n) is 4.89. The number of sulfonamides is 1. The third-order valence-corrected chi connectivity index (χ3v) is 6.26. The van der Waals surface area contributed by atoms with E-state index in [1.165, 1.54) is 17.5 Å². The van der Waals surface area contributed by atoms with E-state index in [-0.39, 0.29) is 17.3 Å². The summed E-state index contributed by atoms with van der Waals surface area (Å²) in [5.74, 6) is 0.252. The lowest BCUT2D eigenvalue weighted by atomic mass is 10.3. The number of rotatable bonds is 5. The molecule has 0 radical (unpaired) electrons. The van der Waals surface area contributed by atoms with Crippen molar-refractivity contribution in [2.75, 3.05) is 46.4 Å². The van der Waals surface area contributed by atoms with E-state index >= 15 is 0 Å². The first-order valence-electron chi connectivity index (χ1n) is 6.76. The van der Waals surface area contributed by atoms with Gasteiger partial charge in [0.1, 0.15) is 4.90 Å². The van der Waals surface area contributed by atoms with Crippen molar-refractivity contribution in [2.45, 2.75) is 4.90 Å². The number of methoxy groups -OCH3 is 1. The number of hydrogen-bond acceptors (Lipinski definition) is 5. The van der Waals surface area contributed by atoms with E-state index in [1.54, 1.807) is 6.07 Å². The molecular weight excluding hydrogens is 396 g/mol. The van der Waals surface area contributed by atoms with Gasteiger partial charge in [0.15, 0.2) is 5.75 Å². The van der Waals surface area contributed by atoms with Crippen LogP contribution >= 0.6 is 27.5 Å². The quantitative estimate of drug-likeness (QED) is 0.790. The fraction of sp³-hybridized carbons (Fsp3) is 0.538. The SMILES string of the molecule is COc1c(Br)cc(Cl)cc1S(=O)(=O)N1CCN(CCO)CC1. The topological polar surface area (TPSA) is 70.1 Å². The Labute approximate surface area is 143 Å². The first-order valence-corrected chi connectivity index (χ1v) is 9.37. The molecule has 0 unspecified atom stereocenters. The molecule has 6 nitrogen and oxygen atoms in total. The molecule has 2 rings (SSSR count). The molecule has 9 heteroatoms. The van der Waals surface area contributed by atoms with E-state index in [2.05, 4.69) is 15.9 Å². The number of ether oxygens (including phenoxy) is 1. The number of β-amino-alcohol motifs (C(OH)–C–C–N with tert-alkyl or cyclic N) is 1. The van der Waals surface area contributed by atoms with E-state index < -0.39 is 10.0 Å². The summed E-state index contributed by atoms with van der Waals surface area (Å²) in [7, 11) is -2.26. The fourth-order valence-corrected chi connectivity index (χ4v) is 5.19. The van der Waals surface area contributed by atoms with Crippen LogP contribution in [-0.2, 0) is 10.0 Å². The lowest BCUT2D eigenvalue weighted by Crippen LogP contribution is -2.49. The number of halogens is 2. The lowest BCUT2D eigenvalue weighted by molar-refractivity contribution is 0.151. The number of nitrogens with zero attached hydrogens (tertiary/aromatic N) is 2. The summed E-state index contributed by atoms with van der Waals surface area (Å²) < 4.78 is 32.8. The van der Waals surface area contributed by atoms with Crippen LogP contribution in [0.3, 0.4) is 0 Å². The lowest BCUT2D eigenvalue weighted by Gasteiger charge is -2.33. The molecule has 1 aromatic carbocycles. The van der Waals surface area contributed by atoms with Gasteiger partial charge in [-0.05, 0) is 28.1 Å². The third kappa shape index (κ3) is 3.74.